The number of benzene rings is 1. The van der Waals surface area contributed by atoms with Gasteiger partial charge in [-0.15, -0.1) is 0 Å². The minimum Gasteiger partial charge on any atom is -0.370 e. The quantitative estimate of drug-likeness (QED) is 0.684. The summed E-state index contributed by atoms with van der Waals surface area (Å²) >= 11 is 12.1. The van der Waals surface area contributed by atoms with Gasteiger partial charge in [0.05, 0.1) is 17.1 Å². The van der Waals surface area contributed by atoms with Gasteiger partial charge in [-0.1, -0.05) is 29.3 Å². The van der Waals surface area contributed by atoms with Crippen LogP contribution >= 0.6 is 23.2 Å². The molecule has 3 heterocycles. The first-order valence-electron chi connectivity index (χ1n) is 7.44. The predicted molar refractivity (Wildman–Crippen MR) is 95.7 cm³/mol. The predicted octanol–water partition coefficient (Wildman–Crippen LogP) is 4.69. The summed E-state index contributed by atoms with van der Waals surface area (Å²) in [5.41, 5.74) is 5.90. The third-order valence-corrected chi connectivity index (χ3v) is 4.64. The number of aromatic nitrogens is 2. The SMILES string of the molecule is Cc1cn(Cc2ccc3ncc(Cl)cc3c2)c2c1C=C(Cl)NC2. The standard InChI is InChI=1S/C18H15Cl2N3/c1-11-9-23(17-8-22-18(20)6-15(11)17)10-12-2-3-16-13(4-12)5-14(19)7-21-16/h2-7,9,22H,8,10H2,1H3. The molecular weight excluding hydrogens is 329 g/mol. The van der Waals surface area contributed by atoms with E-state index in [4.69, 9.17) is 23.2 Å². The smallest absolute Gasteiger partial charge is 0.103 e. The van der Waals surface area contributed by atoms with E-state index in [1.807, 2.05) is 18.2 Å². The van der Waals surface area contributed by atoms with E-state index in [0.717, 1.165) is 24.0 Å². The Morgan fingerprint density at radius 2 is 2.13 bits per heavy atom. The first kappa shape index (κ1) is 14.6. The first-order chi connectivity index (χ1) is 11.1. The Kier molecular flexibility index (Phi) is 3.55. The Balaban J connectivity index is 1.73. The van der Waals surface area contributed by atoms with Crippen molar-refractivity contribution in [3.8, 4) is 0 Å². The summed E-state index contributed by atoms with van der Waals surface area (Å²) in [5.74, 6) is 0. The van der Waals surface area contributed by atoms with Crippen molar-refractivity contribution in [3.05, 3.63) is 69.2 Å². The van der Waals surface area contributed by atoms with Gasteiger partial charge in [-0.05, 0) is 42.3 Å². The first-order valence-corrected chi connectivity index (χ1v) is 8.19. The molecule has 116 valence electrons. The lowest BCUT2D eigenvalue weighted by Crippen LogP contribution is -2.17. The molecule has 3 aromatic rings. The molecule has 4 rings (SSSR count). The number of hydrogen-bond acceptors (Lipinski definition) is 2. The van der Waals surface area contributed by atoms with Crippen LogP contribution in [0.4, 0.5) is 0 Å². The highest BCUT2D eigenvalue weighted by Gasteiger charge is 2.16. The number of rotatable bonds is 2. The minimum absolute atomic E-state index is 0.660. The molecule has 0 amide bonds. The number of hydrogen-bond donors (Lipinski definition) is 1. The van der Waals surface area contributed by atoms with Crippen LogP contribution in [-0.4, -0.2) is 9.55 Å². The average Bonchev–Trinajstić information content (AvgIpc) is 2.82. The van der Waals surface area contributed by atoms with Crippen molar-refractivity contribution < 1.29 is 0 Å². The van der Waals surface area contributed by atoms with Crippen LogP contribution in [0.25, 0.3) is 17.0 Å². The number of nitrogens with one attached hydrogen (secondary N) is 1. The highest BCUT2D eigenvalue weighted by atomic mass is 35.5. The van der Waals surface area contributed by atoms with Gasteiger partial charge >= 0.3 is 0 Å². The van der Waals surface area contributed by atoms with E-state index < -0.39 is 0 Å². The summed E-state index contributed by atoms with van der Waals surface area (Å²) in [6.07, 6.45) is 5.85. The molecule has 0 radical (unpaired) electrons. The molecule has 0 aliphatic carbocycles. The van der Waals surface area contributed by atoms with Crippen molar-refractivity contribution in [3.63, 3.8) is 0 Å². The Bertz CT molecular complexity index is 941. The normalized spacial score (nSPS) is 13.6. The summed E-state index contributed by atoms with van der Waals surface area (Å²) in [7, 11) is 0. The lowest BCUT2D eigenvalue weighted by Gasteiger charge is -2.16. The zero-order valence-corrected chi connectivity index (χ0v) is 14.1. The van der Waals surface area contributed by atoms with Gasteiger partial charge in [-0.25, -0.2) is 0 Å². The van der Waals surface area contributed by atoms with Crippen molar-refractivity contribution in [2.45, 2.75) is 20.0 Å². The zero-order valence-electron chi connectivity index (χ0n) is 12.6. The summed E-state index contributed by atoms with van der Waals surface area (Å²) in [6.45, 7) is 3.68. The van der Waals surface area contributed by atoms with E-state index in [-0.39, 0.29) is 0 Å². The maximum Gasteiger partial charge on any atom is 0.103 e. The molecule has 0 unspecified atom stereocenters. The van der Waals surface area contributed by atoms with Crippen molar-refractivity contribution >= 4 is 40.2 Å². The fourth-order valence-electron chi connectivity index (χ4n) is 3.09. The number of fused-ring (bicyclic) bond motifs is 2. The monoisotopic (exact) mass is 343 g/mol. The van der Waals surface area contributed by atoms with Gasteiger partial charge in [0, 0.05) is 35.6 Å². The molecule has 0 saturated carbocycles. The highest BCUT2D eigenvalue weighted by Crippen LogP contribution is 2.26. The molecule has 1 aromatic carbocycles. The summed E-state index contributed by atoms with van der Waals surface area (Å²) in [4.78, 5) is 4.34. The number of halogens is 2. The van der Waals surface area contributed by atoms with Crippen LogP contribution in [0.1, 0.15) is 22.4 Å². The van der Waals surface area contributed by atoms with Crippen LogP contribution < -0.4 is 5.32 Å². The molecule has 0 atom stereocenters. The third kappa shape index (κ3) is 2.71. The molecule has 23 heavy (non-hydrogen) atoms. The van der Waals surface area contributed by atoms with Gasteiger partial charge in [0.1, 0.15) is 5.16 Å². The van der Waals surface area contributed by atoms with Crippen molar-refractivity contribution in [1.29, 1.82) is 0 Å². The summed E-state index contributed by atoms with van der Waals surface area (Å²) in [5, 5.41) is 5.62. The lowest BCUT2D eigenvalue weighted by atomic mass is 10.1. The fourth-order valence-corrected chi connectivity index (χ4v) is 3.44. The zero-order chi connectivity index (χ0) is 16.0. The van der Waals surface area contributed by atoms with Gasteiger partial charge < -0.3 is 9.88 Å². The molecule has 0 bridgehead atoms. The molecule has 1 N–H and O–H groups in total. The van der Waals surface area contributed by atoms with Crippen molar-refractivity contribution in [2.24, 2.45) is 0 Å². The number of pyridine rings is 1. The van der Waals surface area contributed by atoms with Crippen LogP contribution in [0.15, 0.2) is 41.8 Å². The summed E-state index contributed by atoms with van der Waals surface area (Å²) < 4.78 is 2.27. The molecule has 3 nitrogen and oxygen atoms in total. The average molecular weight is 344 g/mol. The Morgan fingerprint density at radius 1 is 1.26 bits per heavy atom. The van der Waals surface area contributed by atoms with Crippen LogP contribution in [0.5, 0.6) is 0 Å². The Morgan fingerprint density at radius 3 is 3.00 bits per heavy atom. The van der Waals surface area contributed by atoms with E-state index in [9.17, 15) is 0 Å². The van der Waals surface area contributed by atoms with Gasteiger partial charge in [-0.2, -0.15) is 0 Å². The van der Waals surface area contributed by atoms with Gasteiger partial charge in [0.15, 0.2) is 0 Å². The molecule has 0 spiro atoms. The topological polar surface area (TPSA) is 29.9 Å². The third-order valence-electron chi connectivity index (χ3n) is 4.19. The molecule has 5 heteroatoms. The summed E-state index contributed by atoms with van der Waals surface area (Å²) in [6, 6.07) is 8.26. The van der Waals surface area contributed by atoms with Crippen LogP contribution in [-0.2, 0) is 13.1 Å². The minimum atomic E-state index is 0.660. The highest BCUT2D eigenvalue weighted by molar-refractivity contribution is 6.31. The van der Waals surface area contributed by atoms with Crippen LogP contribution in [0.2, 0.25) is 5.02 Å². The fraction of sp³-hybridized carbons (Fsp3) is 0.167. The number of nitrogens with zero attached hydrogens (tertiary/aromatic N) is 2. The molecule has 0 fully saturated rings. The number of aryl methyl sites for hydroxylation is 1. The lowest BCUT2D eigenvalue weighted by molar-refractivity contribution is 0.700. The maximum absolute atomic E-state index is 6.09. The Hall–Kier alpha value is -1.97. The molecular formula is C18H15Cl2N3. The molecule has 1 aliphatic heterocycles. The van der Waals surface area contributed by atoms with Crippen LogP contribution in [0.3, 0.4) is 0 Å². The second-order valence-electron chi connectivity index (χ2n) is 5.83. The molecule has 1 aliphatic rings. The van der Waals surface area contributed by atoms with Crippen LogP contribution in [0, 0.1) is 6.92 Å². The van der Waals surface area contributed by atoms with E-state index in [0.29, 0.717) is 10.2 Å². The molecule has 0 saturated heterocycles. The van der Waals surface area contributed by atoms with Crippen molar-refractivity contribution in [1.82, 2.24) is 14.9 Å². The molecule has 2 aromatic heterocycles. The second-order valence-corrected chi connectivity index (χ2v) is 6.67. The largest absolute Gasteiger partial charge is 0.370 e. The maximum atomic E-state index is 6.09. The van der Waals surface area contributed by atoms with E-state index >= 15 is 0 Å². The second kappa shape index (κ2) is 5.59. The van der Waals surface area contributed by atoms with Crippen molar-refractivity contribution in [2.75, 3.05) is 0 Å². The van der Waals surface area contributed by atoms with Gasteiger partial charge in [0.25, 0.3) is 0 Å². The Labute approximate surface area is 144 Å². The van der Waals surface area contributed by atoms with E-state index in [1.165, 1.54) is 22.4 Å². The van der Waals surface area contributed by atoms with Gasteiger partial charge in [-0.3, -0.25) is 4.98 Å². The van der Waals surface area contributed by atoms with Gasteiger partial charge in [0.2, 0.25) is 0 Å². The van der Waals surface area contributed by atoms with E-state index in [1.54, 1.807) is 6.20 Å². The van der Waals surface area contributed by atoms with E-state index in [2.05, 4.69) is 40.1 Å².